The molecule has 1 fully saturated rings. The van der Waals surface area contributed by atoms with Gasteiger partial charge in [-0.05, 0) is 31.0 Å². The van der Waals surface area contributed by atoms with Gasteiger partial charge in [0, 0.05) is 17.5 Å². The van der Waals surface area contributed by atoms with E-state index in [1.165, 1.54) is 24.6 Å². The van der Waals surface area contributed by atoms with Crippen LogP contribution in [0.5, 0.6) is 0 Å². The maximum Gasteiger partial charge on any atom is 0.234 e. The maximum absolute atomic E-state index is 12.3. The number of thioether (sulfide) groups is 1. The number of aromatic nitrogens is 3. The Labute approximate surface area is 167 Å². The lowest BCUT2D eigenvalue weighted by Gasteiger charge is -2.12. The third kappa shape index (κ3) is 4.61. The van der Waals surface area contributed by atoms with Crippen LogP contribution in [0.2, 0.25) is 10.0 Å². The van der Waals surface area contributed by atoms with Crippen molar-refractivity contribution in [2.45, 2.75) is 43.3 Å². The molecule has 0 unspecified atom stereocenters. The molecule has 1 amide bonds. The number of rotatable bonds is 7. The van der Waals surface area contributed by atoms with Gasteiger partial charge in [0.25, 0.3) is 0 Å². The summed E-state index contributed by atoms with van der Waals surface area (Å²) in [6.45, 7) is 4.46. The van der Waals surface area contributed by atoms with E-state index in [9.17, 15) is 4.79 Å². The van der Waals surface area contributed by atoms with Gasteiger partial charge in [0.05, 0.1) is 16.5 Å². The van der Waals surface area contributed by atoms with Crippen LogP contribution in [0, 0.1) is 0 Å². The number of allylic oxidation sites excluding steroid dienone is 1. The molecule has 2 aromatic rings. The summed E-state index contributed by atoms with van der Waals surface area (Å²) >= 11 is 13.4. The first-order chi connectivity index (χ1) is 12.6. The Hall–Kier alpha value is -1.50. The fourth-order valence-corrected chi connectivity index (χ4v) is 4.19. The minimum absolute atomic E-state index is 0.172. The van der Waals surface area contributed by atoms with E-state index in [1.54, 1.807) is 18.2 Å². The molecule has 0 saturated heterocycles. The lowest BCUT2D eigenvalue weighted by atomic mass is 10.1. The molecule has 0 aliphatic heterocycles. The van der Waals surface area contributed by atoms with Crippen molar-refractivity contribution in [3.05, 3.63) is 46.7 Å². The van der Waals surface area contributed by atoms with Gasteiger partial charge >= 0.3 is 0 Å². The molecule has 3 rings (SSSR count). The van der Waals surface area contributed by atoms with Crippen molar-refractivity contribution < 1.29 is 4.79 Å². The van der Waals surface area contributed by atoms with Gasteiger partial charge < -0.3 is 9.88 Å². The number of carbonyl (C=O) groups excluding carboxylic acids is 1. The number of carbonyl (C=O) groups is 1. The molecular weight excluding hydrogens is 391 g/mol. The number of anilines is 1. The van der Waals surface area contributed by atoms with Crippen molar-refractivity contribution in [2.24, 2.45) is 0 Å². The van der Waals surface area contributed by atoms with Crippen LogP contribution in [0.3, 0.4) is 0 Å². The Bertz CT molecular complexity index is 802. The number of halogens is 2. The van der Waals surface area contributed by atoms with Gasteiger partial charge in [-0.2, -0.15) is 0 Å². The van der Waals surface area contributed by atoms with E-state index < -0.39 is 0 Å². The van der Waals surface area contributed by atoms with Crippen LogP contribution in [0.15, 0.2) is 36.0 Å². The van der Waals surface area contributed by atoms with Crippen LogP contribution in [0.1, 0.15) is 37.4 Å². The third-order valence-corrected chi connectivity index (χ3v) is 5.84. The Balaban J connectivity index is 1.66. The summed E-state index contributed by atoms with van der Waals surface area (Å²) in [6.07, 6.45) is 6.59. The molecule has 1 saturated carbocycles. The second-order valence-electron chi connectivity index (χ2n) is 6.18. The summed E-state index contributed by atoms with van der Waals surface area (Å²) in [5.41, 5.74) is 0.504. The van der Waals surface area contributed by atoms with Crippen LogP contribution >= 0.6 is 35.0 Å². The quantitative estimate of drug-likeness (QED) is 0.505. The number of hydrogen-bond donors (Lipinski definition) is 1. The van der Waals surface area contributed by atoms with Crippen molar-refractivity contribution in [3.63, 3.8) is 0 Å². The zero-order chi connectivity index (χ0) is 18.5. The molecule has 8 heteroatoms. The van der Waals surface area contributed by atoms with Crippen molar-refractivity contribution in [2.75, 3.05) is 11.1 Å². The molecule has 1 heterocycles. The average Bonchev–Trinajstić information content (AvgIpc) is 3.26. The standard InChI is InChI=1S/C18H20Cl2N4OS/c1-2-9-24-17(12-5-3-4-6-12)22-23-18(24)26-11-16(25)21-15-10-13(19)7-8-14(15)20/h2,7-8,10,12H,1,3-6,9,11H2,(H,21,25). The van der Waals surface area contributed by atoms with Crippen LogP contribution < -0.4 is 5.32 Å². The van der Waals surface area contributed by atoms with Gasteiger partial charge in [-0.25, -0.2) is 0 Å². The van der Waals surface area contributed by atoms with Crippen molar-refractivity contribution in [1.29, 1.82) is 0 Å². The summed E-state index contributed by atoms with van der Waals surface area (Å²) in [6, 6.07) is 4.96. The number of nitrogens with one attached hydrogen (secondary N) is 1. The van der Waals surface area contributed by atoms with E-state index in [0.29, 0.717) is 28.2 Å². The summed E-state index contributed by atoms with van der Waals surface area (Å²) in [5.74, 6) is 1.50. The summed E-state index contributed by atoms with van der Waals surface area (Å²) in [4.78, 5) is 12.3. The van der Waals surface area contributed by atoms with Gasteiger partial charge in [0.1, 0.15) is 5.82 Å². The van der Waals surface area contributed by atoms with E-state index >= 15 is 0 Å². The number of nitrogens with zero attached hydrogens (tertiary/aromatic N) is 3. The number of benzene rings is 1. The molecule has 1 aromatic carbocycles. The molecule has 26 heavy (non-hydrogen) atoms. The normalized spacial score (nSPS) is 14.5. The largest absolute Gasteiger partial charge is 0.324 e. The minimum atomic E-state index is -0.172. The van der Waals surface area contributed by atoms with Crippen LogP contribution in [0.25, 0.3) is 0 Å². The van der Waals surface area contributed by atoms with Crippen molar-refractivity contribution in [3.8, 4) is 0 Å². The van der Waals surface area contributed by atoms with Gasteiger partial charge in [-0.15, -0.1) is 16.8 Å². The molecule has 1 aromatic heterocycles. The fraction of sp³-hybridized carbons (Fsp3) is 0.389. The minimum Gasteiger partial charge on any atom is -0.324 e. The van der Waals surface area contributed by atoms with Crippen LogP contribution in [0.4, 0.5) is 5.69 Å². The van der Waals surface area contributed by atoms with E-state index in [4.69, 9.17) is 23.2 Å². The Morgan fingerprint density at radius 3 is 2.85 bits per heavy atom. The SMILES string of the molecule is C=CCn1c(SCC(=O)Nc2cc(Cl)ccc2Cl)nnc1C1CCCC1. The highest BCUT2D eigenvalue weighted by Gasteiger charge is 2.24. The highest BCUT2D eigenvalue weighted by atomic mass is 35.5. The van der Waals surface area contributed by atoms with Gasteiger partial charge in [0.15, 0.2) is 5.16 Å². The molecule has 138 valence electrons. The topological polar surface area (TPSA) is 59.8 Å². The molecule has 5 nitrogen and oxygen atoms in total. The van der Waals surface area contributed by atoms with Crippen molar-refractivity contribution >= 4 is 46.6 Å². The first-order valence-electron chi connectivity index (χ1n) is 8.50. The van der Waals surface area contributed by atoms with Gasteiger partial charge in [-0.1, -0.05) is 53.9 Å². The highest BCUT2D eigenvalue weighted by Crippen LogP contribution is 2.34. The smallest absolute Gasteiger partial charge is 0.234 e. The monoisotopic (exact) mass is 410 g/mol. The van der Waals surface area contributed by atoms with Crippen molar-refractivity contribution in [1.82, 2.24) is 14.8 Å². The molecule has 0 atom stereocenters. The number of hydrogen-bond acceptors (Lipinski definition) is 4. The summed E-state index contributed by atoms with van der Waals surface area (Å²) < 4.78 is 2.06. The first kappa shape index (κ1) is 19.3. The highest BCUT2D eigenvalue weighted by molar-refractivity contribution is 7.99. The lowest BCUT2D eigenvalue weighted by Crippen LogP contribution is -2.15. The number of amides is 1. The van der Waals surface area contributed by atoms with Crippen LogP contribution in [-0.2, 0) is 11.3 Å². The molecule has 1 aliphatic rings. The maximum atomic E-state index is 12.3. The predicted octanol–water partition coefficient (Wildman–Crippen LogP) is 5.16. The average molecular weight is 411 g/mol. The van der Waals surface area contributed by atoms with Gasteiger partial charge in [-0.3, -0.25) is 4.79 Å². The van der Waals surface area contributed by atoms with E-state index in [1.807, 2.05) is 6.08 Å². The van der Waals surface area contributed by atoms with Gasteiger partial charge in [0.2, 0.25) is 5.91 Å². The molecular formula is C18H20Cl2N4OS. The second-order valence-corrected chi connectivity index (χ2v) is 7.97. The Morgan fingerprint density at radius 2 is 2.12 bits per heavy atom. The Morgan fingerprint density at radius 1 is 1.35 bits per heavy atom. The predicted molar refractivity (Wildman–Crippen MR) is 107 cm³/mol. The van der Waals surface area contributed by atoms with E-state index in [-0.39, 0.29) is 11.7 Å². The third-order valence-electron chi connectivity index (χ3n) is 4.31. The Kier molecular flexibility index (Phi) is 6.62. The zero-order valence-electron chi connectivity index (χ0n) is 14.3. The molecule has 0 radical (unpaired) electrons. The lowest BCUT2D eigenvalue weighted by molar-refractivity contribution is -0.113. The molecule has 1 N–H and O–H groups in total. The second kappa shape index (κ2) is 8.93. The fourth-order valence-electron chi connectivity index (χ4n) is 3.10. The van der Waals surface area contributed by atoms with E-state index in [0.717, 1.165) is 23.8 Å². The van der Waals surface area contributed by atoms with E-state index in [2.05, 4.69) is 26.7 Å². The summed E-state index contributed by atoms with van der Waals surface area (Å²) in [5, 5.41) is 13.2. The molecule has 0 spiro atoms. The molecule has 1 aliphatic carbocycles. The summed E-state index contributed by atoms with van der Waals surface area (Å²) in [7, 11) is 0. The zero-order valence-corrected chi connectivity index (χ0v) is 16.6. The molecule has 0 bridgehead atoms. The van der Waals surface area contributed by atoms with Crippen LogP contribution in [-0.4, -0.2) is 26.4 Å². The first-order valence-corrected chi connectivity index (χ1v) is 10.2.